The van der Waals surface area contributed by atoms with Gasteiger partial charge in [-0.1, -0.05) is 36.7 Å². The van der Waals surface area contributed by atoms with Crippen LogP contribution < -0.4 is 0 Å². The van der Waals surface area contributed by atoms with E-state index in [0.29, 0.717) is 4.83 Å². The molecule has 0 amide bonds. The maximum Gasteiger partial charge on any atom is 0.0831 e. The smallest absolute Gasteiger partial charge is 0.0831 e. The topological polar surface area (TPSA) is 0 Å². The van der Waals surface area contributed by atoms with Crippen LogP contribution in [0.1, 0.15) is 57.1 Å². The van der Waals surface area contributed by atoms with Crippen molar-refractivity contribution in [2.75, 3.05) is 0 Å². The van der Waals surface area contributed by atoms with Gasteiger partial charge in [-0.3, -0.25) is 0 Å². The van der Waals surface area contributed by atoms with Gasteiger partial charge >= 0.3 is 0 Å². The van der Waals surface area contributed by atoms with Gasteiger partial charge in [0.1, 0.15) is 0 Å². The molecule has 102 valence electrons. The molecule has 0 radical (unpaired) electrons. The molecule has 1 unspecified atom stereocenters. The number of alkyl halides is 1. The molecule has 1 aliphatic carbocycles. The number of hydrogen-bond donors (Lipinski definition) is 0. The van der Waals surface area contributed by atoms with E-state index in [-0.39, 0.29) is 5.41 Å². The molecule has 3 heteroatoms. The van der Waals surface area contributed by atoms with E-state index in [4.69, 9.17) is 0 Å². The number of aryl methyl sites for hydroxylation is 2. The minimum absolute atomic E-state index is 0.257. The van der Waals surface area contributed by atoms with Crippen LogP contribution in [0.25, 0.3) is 0 Å². The van der Waals surface area contributed by atoms with E-state index in [2.05, 4.69) is 54.9 Å². The van der Waals surface area contributed by atoms with Crippen LogP contribution in [0.5, 0.6) is 0 Å². The van der Waals surface area contributed by atoms with E-state index in [9.17, 15) is 0 Å². The molecule has 3 rings (SSSR count). The van der Waals surface area contributed by atoms with E-state index < -0.39 is 0 Å². The van der Waals surface area contributed by atoms with Gasteiger partial charge in [0, 0.05) is 19.5 Å². The monoisotopic (exact) mass is 354 g/mol. The van der Waals surface area contributed by atoms with E-state index in [0.717, 1.165) is 0 Å². The zero-order chi connectivity index (χ0) is 13.6. The van der Waals surface area contributed by atoms with Crippen molar-refractivity contribution in [3.63, 3.8) is 0 Å². The van der Waals surface area contributed by atoms with Crippen molar-refractivity contribution in [3.8, 4) is 0 Å². The van der Waals surface area contributed by atoms with Gasteiger partial charge in [-0.25, -0.2) is 0 Å². The molecule has 19 heavy (non-hydrogen) atoms. The maximum absolute atomic E-state index is 3.90. The second-order valence-corrected chi connectivity index (χ2v) is 9.46. The molecule has 0 aromatic carbocycles. The standard InChI is InChI=1S/C16H19BrS2/c1-16(2,3)14-8-7-12(19-14)15(17)13-9-10-5-4-6-11(10)18-13/h7-9,15H,4-6H2,1-3H3. The highest BCUT2D eigenvalue weighted by Crippen LogP contribution is 2.43. The van der Waals surface area contributed by atoms with Gasteiger partial charge in [-0.15, -0.1) is 22.7 Å². The number of rotatable bonds is 2. The predicted octanol–water partition coefficient (Wildman–Crippen LogP) is 6.08. The Hall–Kier alpha value is -0.120. The molecule has 2 heterocycles. The van der Waals surface area contributed by atoms with Crippen LogP contribution in [-0.4, -0.2) is 0 Å². The summed E-state index contributed by atoms with van der Waals surface area (Å²) in [5.41, 5.74) is 1.85. The van der Waals surface area contributed by atoms with Gasteiger partial charge in [-0.2, -0.15) is 0 Å². The summed E-state index contributed by atoms with van der Waals surface area (Å²) in [6, 6.07) is 6.99. The molecular weight excluding hydrogens is 336 g/mol. The molecule has 0 bridgehead atoms. The summed E-state index contributed by atoms with van der Waals surface area (Å²) in [5.74, 6) is 0. The average Bonchev–Trinajstić information content (AvgIpc) is 3.01. The Bertz CT molecular complexity index is 565. The van der Waals surface area contributed by atoms with Crippen LogP contribution in [0.4, 0.5) is 0 Å². The van der Waals surface area contributed by atoms with E-state index >= 15 is 0 Å². The summed E-state index contributed by atoms with van der Waals surface area (Å²) >= 11 is 7.84. The van der Waals surface area contributed by atoms with Crippen molar-refractivity contribution in [1.29, 1.82) is 0 Å². The maximum atomic E-state index is 3.90. The minimum Gasteiger partial charge on any atom is -0.144 e. The van der Waals surface area contributed by atoms with Crippen LogP contribution >= 0.6 is 38.6 Å². The third kappa shape index (κ3) is 2.70. The lowest BCUT2D eigenvalue weighted by Crippen LogP contribution is -2.07. The second-order valence-electron chi connectivity index (χ2n) is 6.27. The van der Waals surface area contributed by atoms with E-state index in [1.54, 1.807) is 10.4 Å². The molecule has 0 saturated heterocycles. The Morgan fingerprint density at radius 2 is 1.89 bits per heavy atom. The van der Waals surface area contributed by atoms with Crippen molar-refractivity contribution in [1.82, 2.24) is 0 Å². The Morgan fingerprint density at radius 3 is 2.53 bits per heavy atom. The lowest BCUT2D eigenvalue weighted by atomic mass is 9.95. The summed E-state index contributed by atoms with van der Waals surface area (Å²) < 4.78 is 0. The lowest BCUT2D eigenvalue weighted by molar-refractivity contribution is 0.604. The first-order valence-electron chi connectivity index (χ1n) is 6.81. The number of halogens is 1. The fourth-order valence-corrected chi connectivity index (χ4v) is 5.75. The van der Waals surface area contributed by atoms with Gasteiger partial charge in [-0.05, 0) is 48.4 Å². The summed E-state index contributed by atoms with van der Waals surface area (Å²) in [6.45, 7) is 6.85. The fourth-order valence-electron chi connectivity index (χ4n) is 2.51. The molecule has 0 spiro atoms. The normalized spacial score (nSPS) is 16.6. The second kappa shape index (κ2) is 5.01. The molecule has 1 aliphatic rings. The lowest BCUT2D eigenvalue weighted by Gasteiger charge is -2.15. The Balaban J connectivity index is 1.87. The van der Waals surface area contributed by atoms with Gasteiger partial charge in [0.25, 0.3) is 0 Å². The molecule has 2 aromatic rings. The molecule has 0 nitrogen and oxygen atoms in total. The molecule has 0 aliphatic heterocycles. The zero-order valence-electron chi connectivity index (χ0n) is 11.6. The highest BCUT2D eigenvalue weighted by Gasteiger charge is 2.23. The van der Waals surface area contributed by atoms with Crippen LogP contribution in [0.2, 0.25) is 0 Å². The summed E-state index contributed by atoms with van der Waals surface area (Å²) in [4.78, 5) is 6.38. The first kappa shape index (κ1) is 13.8. The largest absolute Gasteiger partial charge is 0.144 e. The van der Waals surface area contributed by atoms with Crippen molar-refractivity contribution in [2.45, 2.75) is 50.3 Å². The van der Waals surface area contributed by atoms with E-state index in [1.807, 2.05) is 22.7 Å². The van der Waals surface area contributed by atoms with Crippen LogP contribution in [0.15, 0.2) is 18.2 Å². The van der Waals surface area contributed by atoms with Crippen LogP contribution in [-0.2, 0) is 18.3 Å². The molecule has 0 N–H and O–H groups in total. The third-order valence-electron chi connectivity index (χ3n) is 3.63. The zero-order valence-corrected chi connectivity index (χ0v) is 14.8. The molecule has 0 saturated carbocycles. The van der Waals surface area contributed by atoms with Crippen molar-refractivity contribution < 1.29 is 0 Å². The van der Waals surface area contributed by atoms with Crippen molar-refractivity contribution >= 4 is 38.6 Å². The number of hydrogen-bond acceptors (Lipinski definition) is 2. The predicted molar refractivity (Wildman–Crippen MR) is 90.1 cm³/mol. The van der Waals surface area contributed by atoms with Crippen LogP contribution in [0, 0.1) is 0 Å². The highest BCUT2D eigenvalue weighted by atomic mass is 79.9. The SMILES string of the molecule is CC(C)(C)c1ccc(C(Br)c2cc3c(s2)CCC3)s1. The van der Waals surface area contributed by atoms with Gasteiger partial charge in [0.15, 0.2) is 0 Å². The van der Waals surface area contributed by atoms with Crippen LogP contribution in [0.3, 0.4) is 0 Å². The highest BCUT2D eigenvalue weighted by molar-refractivity contribution is 9.09. The van der Waals surface area contributed by atoms with Gasteiger partial charge < -0.3 is 0 Å². The first-order valence-corrected chi connectivity index (χ1v) is 9.36. The van der Waals surface area contributed by atoms with E-state index in [1.165, 1.54) is 33.9 Å². The average molecular weight is 355 g/mol. The Labute approximate surface area is 132 Å². The molecular formula is C16H19BrS2. The third-order valence-corrected chi connectivity index (χ3v) is 8.10. The molecule has 1 atom stereocenters. The Morgan fingerprint density at radius 1 is 1.11 bits per heavy atom. The summed E-state index contributed by atoms with van der Waals surface area (Å²) in [6.07, 6.45) is 3.92. The summed E-state index contributed by atoms with van der Waals surface area (Å²) in [5, 5.41) is 0. The quantitative estimate of drug-likeness (QED) is 0.573. The molecule has 2 aromatic heterocycles. The number of fused-ring (bicyclic) bond motifs is 1. The van der Waals surface area contributed by atoms with Gasteiger partial charge in [0.05, 0.1) is 4.83 Å². The summed E-state index contributed by atoms with van der Waals surface area (Å²) in [7, 11) is 0. The van der Waals surface area contributed by atoms with Crippen molar-refractivity contribution in [3.05, 3.63) is 43.3 Å². The minimum atomic E-state index is 0.257. The van der Waals surface area contributed by atoms with Gasteiger partial charge in [0.2, 0.25) is 0 Å². The first-order chi connectivity index (χ1) is 8.95. The molecule has 0 fully saturated rings. The fraction of sp³-hybridized carbons (Fsp3) is 0.500. The number of thiophene rings is 2. The Kier molecular flexibility index (Phi) is 3.65. The van der Waals surface area contributed by atoms with Crippen molar-refractivity contribution in [2.24, 2.45) is 0 Å².